The van der Waals surface area contributed by atoms with Crippen molar-refractivity contribution in [3.8, 4) is 23.5 Å². The summed E-state index contributed by atoms with van der Waals surface area (Å²) in [6, 6.07) is 12.1. The molecule has 9 heteroatoms. The van der Waals surface area contributed by atoms with Gasteiger partial charge >= 0.3 is 6.09 Å². The summed E-state index contributed by atoms with van der Waals surface area (Å²) in [5.74, 6) is 2.03. The van der Waals surface area contributed by atoms with Gasteiger partial charge in [-0.2, -0.15) is 5.10 Å². The van der Waals surface area contributed by atoms with Crippen LogP contribution in [0, 0.1) is 18.2 Å². The van der Waals surface area contributed by atoms with E-state index < -0.39 is 18.0 Å². The molecule has 2 aliphatic rings. The second-order valence-corrected chi connectivity index (χ2v) is 8.52. The van der Waals surface area contributed by atoms with Crippen LogP contribution in [0.1, 0.15) is 12.5 Å². The molecule has 2 amide bonds. The number of cyclic esters (lactones) is 1. The van der Waals surface area contributed by atoms with E-state index in [0.717, 1.165) is 37.3 Å². The fraction of sp³-hybridized carbons (Fsp3) is 0.346. The Balaban J connectivity index is 1.37. The molecule has 0 aromatic heterocycles. The van der Waals surface area contributed by atoms with E-state index in [2.05, 4.69) is 21.2 Å². The number of amides is 2. The molecular weight excluding hydrogens is 449 g/mol. The largest absolute Gasteiger partial charge is 0.442 e. The zero-order valence-electron chi connectivity index (χ0n) is 19.6. The molecule has 4 rings (SSSR count). The first kappa shape index (κ1) is 24.2. The van der Waals surface area contributed by atoms with Crippen molar-refractivity contribution in [1.82, 2.24) is 15.2 Å². The van der Waals surface area contributed by atoms with Gasteiger partial charge in [0.1, 0.15) is 11.9 Å². The minimum atomic E-state index is -0.561. The Bertz CT molecular complexity index is 1140. The van der Waals surface area contributed by atoms with Crippen LogP contribution in [0.25, 0.3) is 11.1 Å². The lowest BCUT2D eigenvalue weighted by Crippen LogP contribution is -2.44. The van der Waals surface area contributed by atoms with Crippen molar-refractivity contribution in [3.05, 3.63) is 53.8 Å². The van der Waals surface area contributed by atoms with E-state index in [4.69, 9.17) is 11.2 Å². The third-order valence-electron chi connectivity index (χ3n) is 5.97. The quantitative estimate of drug-likeness (QED) is 0.490. The van der Waals surface area contributed by atoms with Gasteiger partial charge in [-0.15, -0.1) is 6.42 Å². The Morgan fingerprint density at radius 2 is 1.97 bits per heavy atom. The maximum Gasteiger partial charge on any atom is 0.414 e. The molecule has 182 valence electrons. The van der Waals surface area contributed by atoms with Crippen LogP contribution in [0.3, 0.4) is 0 Å². The number of hydrogen-bond donors (Lipinski definition) is 1. The molecule has 0 unspecified atom stereocenters. The fourth-order valence-electron chi connectivity index (χ4n) is 4.04. The number of carbonyl (C=O) groups excluding carboxylic acids is 2. The first-order valence-electron chi connectivity index (χ1n) is 11.5. The van der Waals surface area contributed by atoms with Crippen molar-refractivity contribution in [2.75, 3.05) is 50.7 Å². The van der Waals surface area contributed by atoms with E-state index in [1.165, 1.54) is 17.9 Å². The average molecular weight is 478 g/mol. The number of terminal acetylenes is 1. The molecule has 2 saturated heterocycles. The molecule has 2 fully saturated rings. The fourth-order valence-corrected chi connectivity index (χ4v) is 4.04. The number of ether oxygens (including phenoxy) is 1. The second-order valence-electron chi connectivity index (χ2n) is 8.52. The predicted octanol–water partition coefficient (Wildman–Crippen LogP) is 2.54. The lowest BCUT2D eigenvalue weighted by molar-refractivity contribution is -0.119. The molecule has 0 bridgehead atoms. The Morgan fingerprint density at radius 3 is 2.63 bits per heavy atom. The van der Waals surface area contributed by atoms with Crippen molar-refractivity contribution < 1.29 is 18.7 Å². The Morgan fingerprint density at radius 1 is 1.23 bits per heavy atom. The van der Waals surface area contributed by atoms with E-state index in [1.807, 2.05) is 29.3 Å². The van der Waals surface area contributed by atoms with Crippen LogP contribution >= 0.6 is 0 Å². The number of hydrazone groups is 1. The summed E-state index contributed by atoms with van der Waals surface area (Å²) in [5.41, 5.74) is 2.49. The van der Waals surface area contributed by atoms with Gasteiger partial charge in [-0.1, -0.05) is 30.2 Å². The number of piperazine rings is 1. The van der Waals surface area contributed by atoms with Crippen molar-refractivity contribution in [2.45, 2.75) is 13.0 Å². The third-order valence-corrected chi connectivity index (χ3v) is 5.97. The van der Waals surface area contributed by atoms with Gasteiger partial charge in [0.2, 0.25) is 5.91 Å². The standard InChI is InChI=1S/C26H28FN5O3/c1-3-10-30-11-13-31(14-12-30)29-16-20-4-6-21(7-5-20)24-9-8-22(15-25(24)27)32-18-23(35-26(32)34)17-28-19(2)33/h1,4-9,15-16,23H,10-14,17-18H2,2H3,(H,28,33)/b29-16+/t23-/m0/s1. The van der Waals surface area contributed by atoms with Crippen LogP contribution in [0.5, 0.6) is 0 Å². The Labute approximate surface area is 204 Å². The van der Waals surface area contributed by atoms with Crippen LogP contribution in [-0.4, -0.2) is 80.0 Å². The molecule has 2 aliphatic heterocycles. The Hall–Kier alpha value is -3.90. The molecule has 2 heterocycles. The van der Waals surface area contributed by atoms with Crippen molar-refractivity contribution >= 4 is 23.9 Å². The molecule has 2 aromatic carbocycles. The number of carbonyl (C=O) groups is 2. The first-order valence-corrected chi connectivity index (χ1v) is 11.5. The Kier molecular flexibility index (Phi) is 7.63. The minimum absolute atomic E-state index is 0.203. The highest BCUT2D eigenvalue weighted by Crippen LogP contribution is 2.29. The normalized spacial score (nSPS) is 18.5. The van der Waals surface area contributed by atoms with E-state index in [0.29, 0.717) is 17.8 Å². The summed E-state index contributed by atoms with van der Waals surface area (Å²) in [7, 11) is 0. The van der Waals surface area contributed by atoms with Gasteiger partial charge in [-0.05, 0) is 29.3 Å². The number of nitrogens with zero attached hydrogens (tertiary/aromatic N) is 4. The van der Waals surface area contributed by atoms with Gasteiger partial charge < -0.3 is 10.1 Å². The van der Waals surface area contributed by atoms with Crippen molar-refractivity contribution in [2.24, 2.45) is 5.10 Å². The van der Waals surface area contributed by atoms with Gasteiger partial charge in [0.25, 0.3) is 0 Å². The van der Waals surface area contributed by atoms with E-state index >= 15 is 0 Å². The van der Waals surface area contributed by atoms with Gasteiger partial charge in [0, 0.05) is 38.7 Å². The van der Waals surface area contributed by atoms with Crippen LogP contribution in [0.2, 0.25) is 0 Å². The number of rotatable bonds is 7. The number of halogens is 1. The smallest absolute Gasteiger partial charge is 0.414 e. The average Bonchev–Trinajstić information content (AvgIpc) is 3.23. The topological polar surface area (TPSA) is 77.5 Å². The highest BCUT2D eigenvalue weighted by Gasteiger charge is 2.32. The van der Waals surface area contributed by atoms with E-state index in [1.54, 1.807) is 18.3 Å². The minimum Gasteiger partial charge on any atom is -0.442 e. The summed E-state index contributed by atoms with van der Waals surface area (Å²) < 4.78 is 20.2. The maximum absolute atomic E-state index is 15.0. The van der Waals surface area contributed by atoms with Gasteiger partial charge in [-0.3, -0.25) is 19.6 Å². The predicted molar refractivity (Wildman–Crippen MR) is 133 cm³/mol. The molecule has 0 aliphatic carbocycles. The third kappa shape index (κ3) is 6.16. The van der Waals surface area contributed by atoms with Crippen molar-refractivity contribution in [1.29, 1.82) is 0 Å². The molecule has 0 saturated carbocycles. The van der Waals surface area contributed by atoms with E-state index in [-0.39, 0.29) is 19.0 Å². The number of benzene rings is 2. The monoisotopic (exact) mass is 477 g/mol. The van der Waals surface area contributed by atoms with E-state index in [9.17, 15) is 14.0 Å². The maximum atomic E-state index is 15.0. The summed E-state index contributed by atoms with van der Waals surface area (Å²) in [4.78, 5) is 26.9. The lowest BCUT2D eigenvalue weighted by Gasteiger charge is -2.31. The summed E-state index contributed by atoms with van der Waals surface area (Å²) in [5, 5.41) is 9.18. The second kappa shape index (κ2) is 11.0. The number of hydrogen-bond acceptors (Lipinski definition) is 6. The van der Waals surface area contributed by atoms with Crippen LogP contribution < -0.4 is 10.2 Å². The van der Waals surface area contributed by atoms with Crippen molar-refractivity contribution in [3.63, 3.8) is 0 Å². The molecule has 0 radical (unpaired) electrons. The zero-order chi connectivity index (χ0) is 24.8. The highest BCUT2D eigenvalue weighted by atomic mass is 19.1. The van der Waals surface area contributed by atoms with Gasteiger partial charge in [0.05, 0.1) is 31.5 Å². The summed E-state index contributed by atoms with van der Waals surface area (Å²) >= 11 is 0. The molecule has 8 nitrogen and oxygen atoms in total. The summed E-state index contributed by atoms with van der Waals surface area (Å²) in [6.07, 6.45) is 6.13. The number of anilines is 1. The zero-order valence-corrected chi connectivity index (χ0v) is 19.6. The SMILES string of the molecule is C#CCN1CCN(/N=C/c2ccc(-c3ccc(N4C[C@H](CNC(C)=O)OC4=O)cc3F)cc2)CC1. The molecule has 35 heavy (non-hydrogen) atoms. The molecule has 1 N–H and O–H groups in total. The molecule has 1 atom stereocenters. The lowest BCUT2D eigenvalue weighted by atomic mass is 10.0. The number of nitrogens with one attached hydrogen (secondary N) is 1. The van der Waals surface area contributed by atoms with Crippen LogP contribution in [0.15, 0.2) is 47.6 Å². The van der Waals surface area contributed by atoms with Crippen LogP contribution in [-0.2, 0) is 9.53 Å². The van der Waals surface area contributed by atoms with Crippen LogP contribution in [0.4, 0.5) is 14.9 Å². The first-order chi connectivity index (χ1) is 16.9. The summed E-state index contributed by atoms with van der Waals surface area (Å²) in [6.45, 7) is 5.95. The molecular formula is C26H28FN5O3. The molecule has 2 aromatic rings. The van der Waals surface area contributed by atoms with Gasteiger partial charge in [0.15, 0.2) is 0 Å². The van der Waals surface area contributed by atoms with Gasteiger partial charge in [-0.25, -0.2) is 9.18 Å². The highest BCUT2D eigenvalue weighted by molar-refractivity contribution is 5.90. The molecule has 0 spiro atoms.